The molecule has 0 bridgehead atoms. The molecule has 1 heterocycles. The van der Waals surface area contributed by atoms with Crippen molar-refractivity contribution in [1.82, 2.24) is 9.88 Å². The molecule has 23 heavy (non-hydrogen) atoms. The van der Waals surface area contributed by atoms with Crippen LogP contribution in [0.2, 0.25) is 0 Å². The summed E-state index contributed by atoms with van der Waals surface area (Å²) in [6.45, 7) is 1.90. The number of H-pyrrole nitrogens is 1. The van der Waals surface area contributed by atoms with Gasteiger partial charge in [0.05, 0.1) is 22.7 Å². The maximum absolute atomic E-state index is 12.4. The van der Waals surface area contributed by atoms with Crippen molar-refractivity contribution >= 4 is 33.7 Å². The highest BCUT2D eigenvalue weighted by Gasteiger charge is 2.16. The number of hydrogen-bond acceptors (Lipinski definition) is 5. The van der Waals surface area contributed by atoms with Crippen LogP contribution in [0.25, 0.3) is 10.9 Å². The van der Waals surface area contributed by atoms with Gasteiger partial charge in [0.15, 0.2) is 0 Å². The van der Waals surface area contributed by atoms with Gasteiger partial charge in [-0.25, -0.2) is 4.72 Å². The summed E-state index contributed by atoms with van der Waals surface area (Å²) in [4.78, 5) is 17.1. The third-order valence-electron chi connectivity index (χ3n) is 3.22. The highest BCUT2D eigenvalue weighted by Crippen LogP contribution is 2.25. The van der Waals surface area contributed by atoms with Crippen LogP contribution in [0.1, 0.15) is 16.1 Å². The van der Waals surface area contributed by atoms with E-state index in [-0.39, 0.29) is 11.4 Å². The second-order valence-corrected chi connectivity index (χ2v) is 6.55. The molecule has 0 saturated heterocycles. The summed E-state index contributed by atoms with van der Waals surface area (Å²) < 4.78 is 14.2. The maximum atomic E-state index is 12.4. The molecule has 0 aliphatic carbocycles. The Morgan fingerprint density at radius 3 is 2.70 bits per heavy atom. The fraction of sp³-hybridized carbons (Fsp3) is 0.250. The Balaban J connectivity index is 2.44. The van der Waals surface area contributed by atoms with Crippen LogP contribution in [0.4, 0.5) is 5.69 Å². The monoisotopic (exact) mass is 330 g/mol. The summed E-state index contributed by atoms with van der Waals surface area (Å²) in [5, 5.41) is 10.0. The number of aromatic amines is 1. The average Bonchev–Trinajstić information content (AvgIpc) is 2.86. The second-order valence-electron chi connectivity index (χ2n) is 5.44. The fourth-order valence-electron chi connectivity index (χ4n) is 2.22. The second kappa shape index (κ2) is 6.77. The number of fused-ring (bicyclic) bond motifs is 1. The zero-order chi connectivity index (χ0) is 17.1. The first kappa shape index (κ1) is 16.9. The van der Waals surface area contributed by atoms with Gasteiger partial charge in [0, 0.05) is 31.2 Å². The predicted molar refractivity (Wildman–Crippen MR) is 92.4 cm³/mol. The van der Waals surface area contributed by atoms with Crippen LogP contribution in [0.15, 0.2) is 30.0 Å². The predicted octanol–water partition coefficient (Wildman–Crippen LogP) is 2.33. The molecule has 120 valence electrons. The zero-order valence-electron chi connectivity index (χ0n) is 13.4. The number of nitrogens with one attached hydrogen (secondary N) is 2. The molecule has 0 unspecified atom stereocenters. The van der Waals surface area contributed by atoms with Crippen LogP contribution >= 0.6 is 0 Å². The Morgan fingerprint density at radius 2 is 2.13 bits per heavy atom. The van der Waals surface area contributed by atoms with Crippen LogP contribution in [-0.2, 0) is 11.4 Å². The highest BCUT2D eigenvalue weighted by molar-refractivity contribution is 7.92. The Labute approximate surface area is 138 Å². The lowest BCUT2D eigenvalue weighted by atomic mass is 10.1. The number of nitriles is 1. The molecule has 1 aromatic heterocycles. The molecule has 1 atom stereocenters. The first-order valence-electron chi connectivity index (χ1n) is 6.88. The number of carbonyl (C=O) groups excluding carboxylic acids is 1. The van der Waals surface area contributed by atoms with Gasteiger partial charge in [-0.3, -0.25) is 4.79 Å². The first-order chi connectivity index (χ1) is 10.8. The lowest BCUT2D eigenvalue weighted by Gasteiger charge is -2.09. The van der Waals surface area contributed by atoms with E-state index < -0.39 is 11.4 Å². The topological polar surface area (TPSA) is 95.0 Å². The molecule has 0 saturated carbocycles. The lowest BCUT2D eigenvalue weighted by molar-refractivity contribution is 0.103. The van der Waals surface area contributed by atoms with Gasteiger partial charge in [-0.15, -0.1) is 0 Å². The summed E-state index contributed by atoms with van der Waals surface area (Å²) in [5.41, 5.74) is 2.82. The summed E-state index contributed by atoms with van der Waals surface area (Å²) in [6.07, 6.45) is 3.05. The Bertz CT molecular complexity index is 815. The van der Waals surface area contributed by atoms with Gasteiger partial charge in [-0.2, -0.15) is 5.26 Å². The van der Waals surface area contributed by atoms with Gasteiger partial charge >= 0.3 is 0 Å². The Kier molecular flexibility index (Phi) is 4.98. The molecule has 0 aliphatic heterocycles. The van der Waals surface area contributed by atoms with E-state index in [4.69, 9.17) is 5.26 Å². The third kappa shape index (κ3) is 3.86. The normalized spacial score (nSPS) is 12.8. The summed E-state index contributed by atoms with van der Waals surface area (Å²) >= 11 is -1.18. The van der Waals surface area contributed by atoms with Gasteiger partial charge in [-0.1, -0.05) is 0 Å². The molecule has 0 radical (unpaired) electrons. The van der Waals surface area contributed by atoms with Crippen LogP contribution in [0.3, 0.4) is 0 Å². The zero-order valence-corrected chi connectivity index (χ0v) is 14.2. The minimum Gasteiger partial charge on any atom is -0.593 e. The quantitative estimate of drug-likeness (QED) is 0.380. The fourth-order valence-corrected chi connectivity index (χ4v) is 2.75. The number of aromatic nitrogens is 1. The molecule has 1 aromatic carbocycles. The van der Waals surface area contributed by atoms with Crippen molar-refractivity contribution in [2.24, 2.45) is 0 Å². The number of hydrogen-bond donors (Lipinski definition) is 2. The van der Waals surface area contributed by atoms with Crippen molar-refractivity contribution < 1.29 is 9.35 Å². The van der Waals surface area contributed by atoms with E-state index in [1.165, 1.54) is 6.20 Å². The smallest absolute Gasteiger partial charge is 0.221 e. The number of Topliss-reactive ketones (excluding diaryl/α,β-unsaturated/α-hetero) is 1. The van der Waals surface area contributed by atoms with Crippen molar-refractivity contribution in [3.05, 3.63) is 41.2 Å². The summed E-state index contributed by atoms with van der Waals surface area (Å²) in [5.74, 6) is -0.358. The summed E-state index contributed by atoms with van der Waals surface area (Å²) in [7, 11) is 3.50. The molecule has 7 heteroatoms. The van der Waals surface area contributed by atoms with Gasteiger partial charge < -0.3 is 14.4 Å². The van der Waals surface area contributed by atoms with E-state index in [0.29, 0.717) is 5.69 Å². The van der Waals surface area contributed by atoms with E-state index in [1.54, 1.807) is 31.3 Å². The number of rotatable bonds is 5. The minimum atomic E-state index is -1.18. The maximum Gasteiger partial charge on any atom is 0.221 e. The van der Waals surface area contributed by atoms with Crippen LogP contribution < -0.4 is 4.72 Å². The van der Waals surface area contributed by atoms with Crippen molar-refractivity contribution in [3.8, 4) is 6.07 Å². The molecule has 0 amide bonds. The number of anilines is 1. The number of carbonyl (C=O) groups is 1. The van der Waals surface area contributed by atoms with E-state index in [2.05, 4.69) is 9.71 Å². The molecule has 0 spiro atoms. The van der Waals surface area contributed by atoms with E-state index in [1.807, 2.05) is 25.1 Å². The minimum absolute atomic E-state index is 0.0614. The van der Waals surface area contributed by atoms with Crippen molar-refractivity contribution in [3.63, 3.8) is 0 Å². The van der Waals surface area contributed by atoms with Crippen molar-refractivity contribution in [1.29, 1.82) is 5.26 Å². The molecular weight excluding hydrogens is 312 g/mol. The number of ketones is 1. The average molecular weight is 330 g/mol. The molecular formula is C16H18N4O2S. The first-order valence-corrected chi connectivity index (χ1v) is 8.44. The van der Waals surface area contributed by atoms with Crippen LogP contribution in [0.5, 0.6) is 0 Å². The lowest BCUT2D eigenvalue weighted by Crippen LogP contribution is -2.10. The Morgan fingerprint density at radius 1 is 1.43 bits per heavy atom. The number of aryl methyl sites for hydroxylation is 1. The SMILES string of the molecule is Cc1cc2cc(C(=O)/C(C#N)=C/N(C)C)[nH]c2cc1N[S@+](C)[O-]. The van der Waals surface area contributed by atoms with Gasteiger partial charge in [0.1, 0.15) is 17.9 Å². The largest absolute Gasteiger partial charge is 0.593 e. The molecule has 0 fully saturated rings. The van der Waals surface area contributed by atoms with Gasteiger partial charge in [0.25, 0.3) is 0 Å². The molecule has 2 rings (SSSR count). The molecule has 6 nitrogen and oxygen atoms in total. The van der Waals surface area contributed by atoms with Crippen molar-refractivity contribution in [2.45, 2.75) is 6.92 Å². The third-order valence-corrected chi connectivity index (χ3v) is 3.72. The molecule has 2 aromatic rings. The molecule has 2 N–H and O–H groups in total. The van der Waals surface area contributed by atoms with Gasteiger partial charge in [0.2, 0.25) is 5.78 Å². The van der Waals surface area contributed by atoms with E-state index >= 15 is 0 Å². The van der Waals surface area contributed by atoms with Gasteiger partial charge in [-0.05, 0) is 30.7 Å². The Hall–Kier alpha value is -2.43. The highest BCUT2D eigenvalue weighted by atomic mass is 32.2. The summed E-state index contributed by atoms with van der Waals surface area (Å²) in [6, 6.07) is 7.36. The standard InChI is InChI=1S/C16H18N4O2S/c1-10-5-11-6-15(16(21)12(8-17)9-20(2)3)18-14(11)7-13(10)19-23(4)22/h5-7,9,18-19H,1-4H3/b12-9+/t23-/m0/s1. The number of allylic oxidation sites excluding steroid dienone is 1. The van der Waals surface area contributed by atoms with E-state index in [9.17, 15) is 9.35 Å². The number of benzene rings is 1. The van der Waals surface area contributed by atoms with E-state index in [0.717, 1.165) is 22.2 Å². The van der Waals surface area contributed by atoms with Crippen LogP contribution in [-0.4, -0.2) is 40.6 Å². The number of nitrogens with zero attached hydrogens (tertiary/aromatic N) is 2. The van der Waals surface area contributed by atoms with Crippen LogP contribution in [0, 0.1) is 18.3 Å². The molecule has 0 aliphatic rings. The van der Waals surface area contributed by atoms with Crippen molar-refractivity contribution in [2.75, 3.05) is 25.1 Å².